The second-order valence-corrected chi connectivity index (χ2v) is 10.4. The Morgan fingerprint density at radius 1 is 0.390 bits per heavy atom. The summed E-state index contributed by atoms with van der Waals surface area (Å²) in [7, 11) is 0. The highest BCUT2D eigenvalue weighted by Gasteiger charge is 2.22. The number of para-hydroxylation sites is 2. The van der Waals surface area contributed by atoms with Crippen molar-refractivity contribution in [3.8, 4) is 39.3 Å². The van der Waals surface area contributed by atoms with Gasteiger partial charge in [0, 0.05) is 16.3 Å². The van der Waals surface area contributed by atoms with Crippen LogP contribution < -0.4 is 0 Å². The van der Waals surface area contributed by atoms with Crippen molar-refractivity contribution in [2.24, 2.45) is 0 Å². The molecule has 41 heavy (non-hydrogen) atoms. The molecular weight excluding hydrogens is 496 g/mol. The number of fused-ring (bicyclic) bond motifs is 3. The first kappa shape index (κ1) is 23.4. The van der Waals surface area contributed by atoms with Crippen molar-refractivity contribution in [1.29, 1.82) is 0 Å². The zero-order valence-electron chi connectivity index (χ0n) is 22.4. The fraction of sp³-hybridized carbons (Fsp3) is 0. The third-order valence-corrected chi connectivity index (χ3v) is 7.98. The first-order valence-electron chi connectivity index (χ1n) is 14.0. The number of rotatable bonds is 4. The van der Waals surface area contributed by atoms with E-state index in [1.54, 1.807) is 0 Å². The van der Waals surface area contributed by atoms with Gasteiger partial charge in [-0.15, -0.1) is 0 Å². The number of hydrogen-bond acceptors (Lipinski definition) is 1. The van der Waals surface area contributed by atoms with Gasteiger partial charge in [0.15, 0.2) is 0 Å². The van der Waals surface area contributed by atoms with Gasteiger partial charge in [0.1, 0.15) is 5.82 Å². The van der Waals surface area contributed by atoms with Crippen molar-refractivity contribution in [1.82, 2.24) is 9.55 Å². The van der Waals surface area contributed by atoms with Crippen molar-refractivity contribution in [3.63, 3.8) is 0 Å². The molecule has 0 amide bonds. The lowest BCUT2D eigenvalue weighted by Crippen LogP contribution is -2.01. The Kier molecular flexibility index (Phi) is 5.49. The fourth-order valence-electron chi connectivity index (χ4n) is 6.16. The summed E-state index contributed by atoms with van der Waals surface area (Å²) < 4.78 is 2.37. The van der Waals surface area contributed by atoms with Crippen molar-refractivity contribution in [2.45, 2.75) is 0 Å². The van der Waals surface area contributed by atoms with Crippen molar-refractivity contribution >= 4 is 32.6 Å². The minimum absolute atomic E-state index is 0.942. The lowest BCUT2D eigenvalue weighted by molar-refractivity contribution is 1.13. The molecule has 2 heteroatoms. The third kappa shape index (κ3) is 3.84. The van der Waals surface area contributed by atoms with Gasteiger partial charge in [-0.05, 0) is 51.2 Å². The zero-order chi connectivity index (χ0) is 27.2. The van der Waals surface area contributed by atoms with E-state index in [4.69, 9.17) is 4.98 Å². The fourth-order valence-corrected chi connectivity index (χ4v) is 6.16. The van der Waals surface area contributed by atoms with Crippen LogP contribution in [0.1, 0.15) is 0 Å². The molecule has 8 aromatic rings. The molecule has 0 fully saturated rings. The molecule has 8 rings (SSSR count). The average molecular weight is 523 g/mol. The largest absolute Gasteiger partial charge is 0.291 e. The van der Waals surface area contributed by atoms with Crippen LogP contribution in [0.5, 0.6) is 0 Å². The number of hydrogen-bond donors (Lipinski definition) is 0. The molecule has 7 aromatic carbocycles. The maximum Gasteiger partial charge on any atom is 0.145 e. The summed E-state index contributed by atoms with van der Waals surface area (Å²) in [4.78, 5) is 5.18. The zero-order valence-corrected chi connectivity index (χ0v) is 22.4. The van der Waals surface area contributed by atoms with E-state index < -0.39 is 0 Å². The van der Waals surface area contributed by atoms with Gasteiger partial charge in [-0.2, -0.15) is 0 Å². The standard InChI is InChI=1S/C39H26N2/c1-4-14-27(15-5-1)30-24-25-33-34(26-30)37(28-16-6-2-7-17-28)31-20-10-11-21-32(31)38(33)41-36-23-13-12-22-35(36)40-39(41)29-18-8-3-9-19-29/h1-26H. The number of imidazole rings is 1. The van der Waals surface area contributed by atoms with Crippen molar-refractivity contribution in [2.75, 3.05) is 0 Å². The number of nitrogens with zero attached hydrogens (tertiary/aromatic N) is 2. The van der Waals surface area contributed by atoms with Gasteiger partial charge in [-0.25, -0.2) is 4.98 Å². The highest BCUT2D eigenvalue weighted by atomic mass is 15.1. The Morgan fingerprint density at radius 3 is 1.68 bits per heavy atom. The van der Waals surface area contributed by atoms with Crippen LogP contribution in [-0.2, 0) is 0 Å². The predicted molar refractivity (Wildman–Crippen MR) is 172 cm³/mol. The molecule has 0 N–H and O–H groups in total. The Bertz CT molecular complexity index is 2180. The summed E-state index contributed by atoms with van der Waals surface area (Å²) in [6.45, 7) is 0. The van der Waals surface area contributed by atoms with Crippen LogP contribution in [0.25, 0.3) is 71.9 Å². The van der Waals surface area contributed by atoms with Crippen molar-refractivity contribution < 1.29 is 0 Å². The molecule has 0 bridgehead atoms. The van der Waals surface area contributed by atoms with E-state index in [0.29, 0.717) is 0 Å². The Balaban J connectivity index is 1.57. The molecule has 0 unspecified atom stereocenters. The molecule has 0 saturated heterocycles. The summed E-state index contributed by atoms with van der Waals surface area (Å²) in [5.41, 5.74) is 9.20. The molecule has 0 radical (unpaired) electrons. The van der Waals surface area contributed by atoms with Gasteiger partial charge in [-0.1, -0.05) is 140 Å². The molecular formula is C39H26N2. The van der Waals surface area contributed by atoms with Crippen LogP contribution in [0.4, 0.5) is 0 Å². The predicted octanol–water partition coefficient (Wildman–Crippen LogP) is 10.3. The van der Waals surface area contributed by atoms with Crippen molar-refractivity contribution in [3.05, 3.63) is 158 Å². The summed E-state index contributed by atoms with van der Waals surface area (Å²) in [6, 6.07) is 56.1. The summed E-state index contributed by atoms with van der Waals surface area (Å²) >= 11 is 0. The van der Waals surface area contributed by atoms with E-state index in [1.807, 2.05) is 0 Å². The second-order valence-electron chi connectivity index (χ2n) is 10.4. The maximum atomic E-state index is 5.18. The Labute approximate surface area is 238 Å². The summed E-state index contributed by atoms with van der Waals surface area (Å²) in [5, 5.41) is 4.85. The smallest absolute Gasteiger partial charge is 0.145 e. The van der Waals surface area contributed by atoms with Crippen LogP contribution in [0.15, 0.2) is 158 Å². The summed E-state index contributed by atoms with van der Waals surface area (Å²) in [6.07, 6.45) is 0. The van der Waals surface area contributed by atoms with Crippen LogP contribution in [0, 0.1) is 0 Å². The van der Waals surface area contributed by atoms with Gasteiger partial charge in [-0.3, -0.25) is 4.57 Å². The SMILES string of the molecule is c1ccc(-c2ccc3c(-n4c(-c5ccccc5)nc5ccccc54)c4ccccc4c(-c4ccccc4)c3c2)cc1. The first-order chi connectivity index (χ1) is 20.4. The van der Waals surface area contributed by atoms with Gasteiger partial charge in [0.2, 0.25) is 0 Å². The lowest BCUT2D eigenvalue weighted by Gasteiger charge is -2.20. The summed E-state index contributed by atoms with van der Waals surface area (Å²) in [5.74, 6) is 0.942. The van der Waals surface area contributed by atoms with E-state index in [1.165, 1.54) is 43.8 Å². The molecule has 1 heterocycles. The van der Waals surface area contributed by atoms with Gasteiger partial charge >= 0.3 is 0 Å². The molecule has 2 nitrogen and oxygen atoms in total. The molecule has 0 aliphatic heterocycles. The Morgan fingerprint density at radius 2 is 0.951 bits per heavy atom. The van der Waals surface area contributed by atoms with E-state index in [0.717, 1.165) is 28.1 Å². The Hall–Kier alpha value is -5.47. The molecule has 192 valence electrons. The van der Waals surface area contributed by atoms with E-state index in [9.17, 15) is 0 Å². The first-order valence-corrected chi connectivity index (χ1v) is 14.0. The third-order valence-electron chi connectivity index (χ3n) is 7.98. The van der Waals surface area contributed by atoms with E-state index in [-0.39, 0.29) is 0 Å². The highest BCUT2D eigenvalue weighted by Crippen LogP contribution is 2.44. The van der Waals surface area contributed by atoms with Gasteiger partial charge in [0.05, 0.1) is 16.7 Å². The molecule has 0 saturated carbocycles. The molecule has 1 aromatic heterocycles. The average Bonchev–Trinajstić information content (AvgIpc) is 3.44. The molecule has 0 aliphatic carbocycles. The van der Waals surface area contributed by atoms with Crippen LogP contribution in [0.3, 0.4) is 0 Å². The van der Waals surface area contributed by atoms with E-state index >= 15 is 0 Å². The monoisotopic (exact) mass is 522 g/mol. The van der Waals surface area contributed by atoms with Crippen LogP contribution >= 0.6 is 0 Å². The minimum atomic E-state index is 0.942. The van der Waals surface area contributed by atoms with Gasteiger partial charge < -0.3 is 0 Å². The maximum absolute atomic E-state index is 5.18. The van der Waals surface area contributed by atoms with Gasteiger partial charge in [0.25, 0.3) is 0 Å². The molecule has 0 atom stereocenters. The van der Waals surface area contributed by atoms with Crippen LogP contribution in [0.2, 0.25) is 0 Å². The number of aromatic nitrogens is 2. The topological polar surface area (TPSA) is 17.8 Å². The van der Waals surface area contributed by atoms with Crippen LogP contribution in [-0.4, -0.2) is 9.55 Å². The highest BCUT2D eigenvalue weighted by molar-refractivity contribution is 6.19. The normalized spacial score (nSPS) is 11.4. The molecule has 0 aliphatic rings. The minimum Gasteiger partial charge on any atom is -0.291 e. The second kappa shape index (κ2) is 9.62. The quantitative estimate of drug-likeness (QED) is 0.210. The lowest BCUT2D eigenvalue weighted by atomic mass is 9.88. The molecule has 0 spiro atoms. The van der Waals surface area contributed by atoms with E-state index in [2.05, 4.69) is 162 Å². The number of benzene rings is 7.